The first-order valence-electron chi connectivity index (χ1n) is 9.50. The largest absolute Gasteiger partial charge is 0.493 e. The van der Waals surface area contributed by atoms with Crippen LogP contribution < -0.4 is 20.3 Å². The van der Waals surface area contributed by atoms with Crippen molar-refractivity contribution in [2.24, 2.45) is 0 Å². The van der Waals surface area contributed by atoms with Gasteiger partial charge in [0.2, 0.25) is 5.91 Å². The van der Waals surface area contributed by atoms with E-state index >= 15 is 0 Å². The van der Waals surface area contributed by atoms with Gasteiger partial charge in [-0.3, -0.25) is 14.4 Å². The van der Waals surface area contributed by atoms with Gasteiger partial charge in [0.25, 0.3) is 11.5 Å². The number of fused-ring (bicyclic) bond motifs is 1. The summed E-state index contributed by atoms with van der Waals surface area (Å²) in [6.07, 6.45) is 0. The quantitative estimate of drug-likeness (QED) is 0.650. The summed E-state index contributed by atoms with van der Waals surface area (Å²) in [4.78, 5) is 39.5. The highest BCUT2D eigenvalue weighted by Gasteiger charge is 2.20. The third kappa shape index (κ3) is 4.35. The number of hydrogen-bond acceptors (Lipinski definition) is 6. The molecule has 0 saturated carbocycles. The van der Waals surface area contributed by atoms with Gasteiger partial charge in [0.05, 0.1) is 36.6 Å². The molecule has 0 atom stereocenters. The van der Waals surface area contributed by atoms with E-state index in [1.165, 1.54) is 31.3 Å². The van der Waals surface area contributed by atoms with E-state index in [-0.39, 0.29) is 29.3 Å². The molecule has 0 aliphatic carbocycles. The van der Waals surface area contributed by atoms with Crippen LogP contribution in [0.1, 0.15) is 16.1 Å². The summed E-state index contributed by atoms with van der Waals surface area (Å²) < 4.78 is 11.7. The third-order valence-corrected chi connectivity index (χ3v) is 4.78. The summed E-state index contributed by atoms with van der Waals surface area (Å²) in [7, 11) is 6.12. The predicted octanol–water partition coefficient (Wildman–Crippen LogP) is 2.06. The molecule has 0 spiro atoms. The summed E-state index contributed by atoms with van der Waals surface area (Å²) in [5, 5.41) is 8.17. The van der Waals surface area contributed by atoms with E-state index in [1.807, 2.05) is 12.1 Å². The smallest absolute Gasteiger partial charge is 0.275 e. The van der Waals surface area contributed by atoms with Crippen LogP contribution in [0.2, 0.25) is 0 Å². The molecule has 1 N–H and O–H groups in total. The van der Waals surface area contributed by atoms with E-state index in [9.17, 15) is 14.4 Å². The zero-order valence-electron chi connectivity index (χ0n) is 18.1. The van der Waals surface area contributed by atoms with E-state index in [4.69, 9.17) is 9.47 Å². The van der Waals surface area contributed by atoms with Crippen molar-refractivity contribution < 1.29 is 19.1 Å². The lowest BCUT2D eigenvalue weighted by Gasteiger charge is -2.18. The number of methoxy groups -OCH3 is 2. The van der Waals surface area contributed by atoms with Crippen LogP contribution in [0.4, 0.5) is 5.69 Å². The number of aromatic nitrogens is 2. The van der Waals surface area contributed by atoms with Crippen LogP contribution in [0.25, 0.3) is 10.8 Å². The number of aryl methyl sites for hydroxylation is 1. The van der Waals surface area contributed by atoms with Crippen LogP contribution in [0.5, 0.6) is 11.5 Å². The third-order valence-electron chi connectivity index (χ3n) is 4.78. The zero-order chi connectivity index (χ0) is 22.7. The molecule has 0 aliphatic heterocycles. The molecule has 2 amide bonds. The highest BCUT2D eigenvalue weighted by molar-refractivity contribution is 6.04. The highest BCUT2D eigenvalue weighted by Crippen LogP contribution is 2.34. The minimum Gasteiger partial charge on any atom is -0.493 e. The number of rotatable bonds is 6. The lowest BCUT2D eigenvalue weighted by atomic mass is 10.1. The fourth-order valence-electron chi connectivity index (χ4n) is 3.24. The first kappa shape index (κ1) is 21.8. The fraction of sp³-hybridized carbons (Fsp3) is 0.273. The second-order valence-corrected chi connectivity index (χ2v) is 7.09. The molecule has 3 rings (SSSR count). The Morgan fingerprint density at radius 1 is 1.06 bits per heavy atom. The van der Waals surface area contributed by atoms with Gasteiger partial charge >= 0.3 is 0 Å². The summed E-state index contributed by atoms with van der Waals surface area (Å²) in [5.41, 5.74) is 0.740. The molecule has 162 valence electrons. The number of nitrogens with zero attached hydrogens (tertiary/aromatic N) is 3. The van der Waals surface area contributed by atoms with Crippen LogP contribution in [0.3, 0.4) is 0 Å². The van der Waals surface area contributed by atoms with Crippen molar-refractivity contribution in [2.75, 3.05) is 33.6 Å². The van der Waals surface area contributed by atoms with Crippen molar-refractivity contribution in [2.45, 2.75) is 13.5 Å². The van der Waals surface area contributed by atoms with E-state index in [0.29, 0.717) is 22.6 Å². The number of benzene rings is 2. The molecule has 3 aromatic rings. The van der Waals surface area contributed by atoms with Gasteiger partial charge in [0.1, 0.15) is 6.54 Å². The molecule has 1 aromatic heterocycles. The lowest BCUT2D eigenvalue weighted by molar-refractivity contribution is -0.117. The van der Waals surface area contributed by atoms with Gasteiger partial charge in [-0.25, -0.2) is 4.68 Å². The molecule has 0 bridgehead atoms. The second kappa shape index (κ2) is 8.86. The first-order chi connectivity index (χ1) is 14.8. The second-order valence-electron chi connectivity index (χ2n) is 7.09. The van der Waals surface area contributed by atoms with Crippen molar-refractivity contribution in [1.82, 2.24) is 14.7 Å². The molecule has 0 saturated heterocycles. The van der Waals surface area contributed by atoms with Gasteiger partial charge < -0.3 is 19.7 Å². The maximum Gasteiger partial charge on any atom is 0.275 e. The van der Waals surface area contributed by atoms with Gasteiger partial charge in [0, 0.05) is 25.5 Å². The molecular formula is C22H24N4O5. The standard InChI is InChI=1S/C22H24N4O5/c1-13-14-8-6-7-9-15(14)22(29)26(24-13)12-20(27)23-17-11-19(31-5)18(30-4)10-16(17)21(28)25(2)3/h6-11H,12H2,1-5H3,(H,23,27). The number of carbonyl (C=O) groups is 2. The molecule has 0 fully saturated rings. The lowest BCUT2D eigenvalue weighted by Crippen LogP contribution is -2.31. The maximum absolute atomic E-state index is 12.8. The number of carbonyl (C=O) groups excluding carboxylic acids is 2. The van der Waals surface area contributed by atoms with E-state index < -0.39 is 5.91 Å². The average Bonchev–Trinajstić information content (AvgIpc) is 2.76. The summed E-state index contributed by atoms with van der Waals surface area (Å²) in [6, 6.07) is 10.1. The monoisotopic (exact) mass is 424 g/mol. The van der Waals surface area contributed by atoms with Crippen LogP contribution in [0, 0.1) is 6.92 Å². The molecule has 1 heterocycles. The number of hydrogen-bond donors (Lipinski definition) is 1. The van der Waals surface area contributed by atoms with Crippen molar-refractivity contribution in [3.63, 3.8) is 0 Å². The predicted molar refractivity (Wildman–Crippen MR) is 117 cm³/mol. The minimum absolute atomic E-state index is 0.228. The Morgan fingerprint density at radius 3 is 2.29 bits per heavy atom. The maximum atomic E-state index is 12.8. The average molecular weight is 424 g/mol. The molecule has 31 heavy (non-hydrogen) atoms. The van der Waals surface area contributed by atoms with Crippen molar-refractivity contribution in [3.05, 3.63) is 58.0 Å². The van der Waals surface area contributed by atoms with Gasteiger partial charge in [-0.15, -0.1) is 0 Å². The molecule has 9 heteroatoms. The van der Waals surface area contributed by atoms with Crippen molar-refractivity contribution in [1.29, 1.82) is 0 Å². The Hall–Kier alpha value is -3.88. The normalized spacial score (nSPS) is 10.6. The zero-order valence-corrected chi connectivity index (χ0v) is 18.1. The molecule has 0 unspecified atom stereocenters. The fourth-order valence-corrected chi connectivity index (χ4v) is 3.24. The molecule has 2 aromatic carbocycles. The molecular weight excluding hydrogens is 400 g/mol. The highest BCUT2D eigenvalue weighted by atomic mass is 16.5. The molecule has 0 radical (unpaired) electrons. The summed E-state index contributed by atoms with van der Waals surface area (Å²) >= 11 is 0. The van der Waals surface area contributed by atoms with E-state index in [1.54, 1.807) is 33.2 Å². The van der Waals surface area contributed by atoms with Gasteiger partial charge in [-0.05, 0) is 19.1 Å². The Kier molecular flexibility index (Phi) is 6.24. The van der Waals surface area contributed by atoms with Crippen LogP contribution in [-0.4, -0.2) is 54.8 Å². The first-order valence-corrected chi connectivity index (χ1v) is 9.50. The van der Waals surface area contributed by atoms with Crippen molar-refractivity contribution >= 4 is 28.3 Å². The van der Waals surface area contributed by atoms with Crippen LogP contribution in [-0.2, 0) is 11.3 Å². The van der Waals surface area contributed by atoms with Crippen LogP contribution in [0.15, 0.2) is 41.2 Å². The minimum atomic E-state index is -0.510. The van der Waals surface area contributed by atoms with E-state index in [2.05, 4.69) is 10.4 Å². The SMILES string of the molecule is COc1cc(NC(=O)Cn2nc(C)c3ccccc3c2=O)c(C(=O)N(C)C)cc1OC. The number of ether oxygens (including phenoxy) is 2. The number of anilines is 1. The van der Waals surface area contributed by atoms with Crippen molar-refractivity contribution in [3.8, 4) is 11.5 Å². The Balaban J connectivity index is 1.97. The number of nitrogens with one attached hydrogen (secondary N) is 1. The Labute approximate surface area is 179 Å². The van der Waals surface area contributed by atoms with E-state index in [0.717, 1.165) is 10.1 Å². The molecule has 0 aliphatic rings. The Bertz CT molecular complexity index is 1220. The summed E-state index contributed by atoms with van der Waals surface area (Å²) in [5.74, 6) is -0.129. The van der Waals surface area contributed by atoms with Gasteiger partial charge in [-0.2, -0.15) is 5.10 Å². The van der Waals surface area contributed by atoms with Gasteiger partial charge in [-0.1, -0.05) is 18.2 Å². The Morgan fingerprint density at radius 2 is 1.68 bits per heavy atom. The molecule has 9 nitrogen and oxygen atoms in total. The summed E-state index contributed by atoms with van der Waals surface area (Å²) in [6.45, 7) is 1.47. The number of amides is 2. The van der Waals surface area contributed by atoms with Crippen LogP contribution >= 0.6 is 0 Å². The topological polar surface area (TPSA) is 103 Å². The van der Waals surface area contributed by atoms with Gasteiger partial charge in [0.15, 0.2) is 11.5 Å².